The fourth-order valence-electron chi connectivity index (χ4n) is 3.97. The first kappa shape index (κ1) is 24.0. The minimum atomic E-state index is -0.0830. The molecule has 0 unspecified atom stereocenters. The largest absolute Gasteiger partial charge is 0.488 e. The maximum atomic E-state index is 12.6. The monoisotopic (exact) mass is 553 g/mol. The lowest BCUT2D eigenvalue weighted by atomic mass is 10.0. The summed E-state index contributed by atoms with van der Waals surface area (Å²) in [5.74, 6) is 0.749. The molecule has 5 heteroatoms. The number of halogens is 1. The minimum Gasteiger partial charge on any atom is -0.488 e. The first-order valence-electron chi connectivity index (χ1n) is 11.6. The number of nitrogens with one attached hydrogen (secondary N) is 1. The Kier molecular flexibility index (Phi) is 7.60. The zero-order chi connectivity index (χ0) is 24.7. The Hall–Kier alpha value is -3.67. The van der Waals surface area contributed by atoms with Crippen LogP contribution in [0.15, 0.2) is 119 Å². The van der Waals surface area contributed by atoms with Crippen molar-refractivity contribution in [2.45, 2.75) is 13.2 Å². The van der Waals surface area contributed by atoms with Gasteiger partial charge in [-0.1, -0.05) is 88.7 Å². The minimum absolute atomic E-state index is 0.0830. The molecule has 36 heavy (non-hydrogen) atoms. The molecule has 0 fully saturated rings. The summed E-state index contributed by atoms with van der Waals surface area (Å²) in [5.41, 5.74) is 6.03. The molecule has 0 spiro atoms. The third-order valence-corrected chi connectivity index (χ3v) is 7.30. The molecule has 5 rings (SSSR count). The van der Waals surface area contributed by atoms with Gasteiger partial charge >= 0.3 is 0 Å². The van der Waals surface area contributed by atoms with E-state index in [-0.39, 0.29) is 5.91 Å². The molecule has 4 aromatic carbocycles. The van der Waals surface area contributed by atoms with Gasteiger partial charge in [-0.15, -0.1) is 11.3 Å². The number of carbonyl (C=O) groups is 1. The molecular formula is C31H24BrNO2S. The summed E-state index contributed by atoms with van der Waals surface area (Å²) in [6.45, 7) is 1.01. The lowest BCUT2D eigenvalue weighted by Gasteiger charge is -2.13. The fraction of sp³-hybridized carbons (Fsp3) is 0.0645. The fourth-order valence-corrected chi connectivity index (χ4v) is 5.25. The lowest BCUT2D eigenvalue weighted by Crippen LogP contribution is -2.22. The zero-order valence-corrected chi connectivity index (χ0v) is 21.9. The Balaban J connectivity index is 1.35. The highest BCUT2D eigenvalue weighted by atomic mass is 79.9. The van der Waals surface area contributed by atoms with E-state index in [2.05, 4.69) is 50.9 Å². The van der Waals surface area contributed by atoms with Crippen LogP contribution >= 0.6 is 27.3 Å². The van der Waals surface area contributed by atoms with Gasteiger partial charge in [-0.05, 0) is 58.5 Å². The Labute approximate surface area is 223 Å². The number of amides is 1. The molecule has 3 nitrogen and oxygen atoms in total. The number of thiophene rings is 1. The Morgan fingerprint density at radius 1 is 0.778 bits per heavy atom. The summed E-state index contributed by atoms with van der Waals surface area (Å²) in [6, 6.07) is 36.1. The van der Waals surface area contributed by atoms with Crippen LogP contribution in [0, 0.1) is 0 Å². The van der Waals surface area contributed by atoms with Crippen molar-refractivity contribution in [3.8, 4) is 27.3 Å². The van der Waals surface area contributed by atoms with Crippen molar-refractivity contribution in [1.29, 1.82) is 0 Å². The van der Waals surface area contributed by atoms with Gasteiger partial charge in [0, 0.05) is 32.6 Å². The normalized spacial score (nSPS) is 10.7. The predicted octanol–water partition coefficient (Wildman–Crippen LogP) is 8.35. The number of benzene rings is 4. The zero-order valence-electron chi connectivity index (χ0n) is 19.5. The van der Waals surface area contributed by atoms with E-state index in [1.807, 2.05) is 84.9 Å². The number of carbonyl (C=O) groups excluding carboxylic acids is 1. The van der Waals surface area contributed by atoms with Crippen molar-refractivity contribution in [3.05, 3.63) is 136 Å². The van der Waals surface area contributed by atoms with Gasteiger partial charge in [-0.2, -0.15) is 0 Å². The van der Waals surface area contributed by atoms with E-state index in [0.717, 1.165) is 42.9 Å². The third-order valence-electron chi connectivity index (χ3n) is 5.84. The quantitative estimate of drug-likeness (QED) is 0.209. The molecule has 0 aliphatic rings. The Bertz CT molecular complexity index is 1450. The van der Waals surface area contributed by atoms with Gasteiger partial charge < -0.3 is 10.1 Å². The van der Waals surface area contributed by atoms with Gasteiger partial charge in [0.25, 0.3) is 5.91 Å². The van der Waals surface area contributed by atoms with Crippen LogP contribution in [-0.4, -0.2) is 5.91 Å². The highest BCUT2D eigenvalue weighted by Gasteiger charge is 2.15. The molecule has 0 saturated carbocycles. The van der Waals surface area contributed by atoms with E-state index in [4.69, 9.17) is 4.74 Å². The maximum absolute atomic E-state index is 12.6. The van der Waals surface area contributed by atoms with Crippen LogP contribution in [0.3, 0.4) is 0 Å². The van der Waals surface area contributed by atoms with E-state index in [9.17, 15) is 4.79 Å². The van der Waals surface area contributed by atoms with Crippen molar-refractivity contribution < 1.29 is 9.53 Å². The molecule has 0 bridgehead atoms. The van der Waals surface area contributed by atoms with Gasteiger partial charge in [0.1, 0.15) is 12.4 Å². The molecule has 0 aliphatic carbocycles. The summed E-state index contributed by atoms with van der Waals surface area (Å²) < 4.78 is 7.23. The molecule has 0 atom stereocenters. The molecule has 5 aromatic rings. The van der Waals surface area contributed by atoms with Crippen LogP contribution in [0.25, 0.3) is 21.6 Å². The first-order chi connectivity index (χ1) is 17.7. The predicted molar refractivity (Wildman–Crippen MR) is 151 cm³/mol. The summed E-state index contributed by atoms with van der Waals surface area (Å²) in [6.07, 6.45) is 0. The van der Waals surface area contributed by atoms with Gasteiger partial charge in [0.05, 0.1) is 0 Å². The average Bonchev–Trinajstić information content (AvgIpc) is 3.42. The molecule has 1 aromatic heterocycles. The highest BCUT2D eigenvalue weighted by molar-refractivity contribution is 9.10. The van der Waals surface area contributed by atoms with Crippen molar-refractivity contribution in [1.82, 2.24) is 5.32 Å². The number of ether oxygens (including phenoxy) is 1. The number of rotatable bonds is 8. The first-order valence-corrected chi connectivity index (χ1v) is 13.3. The molecule has 178 valence electrons. The van der Waals surface area contributed by atoms with E-state index >= 15 is 0 Å². The van der Waals surface area contributed by atoms with Crippen LogP contribution in [0.1, 0.15) is 21.5 Å². The maximum Gasteiger partial charge on any atom is 0.251 e. The molecular weight excluding hydrogens is 530 g/mol. The standard InChI is InChI=1S/C31H24BrNO2S/c32-26-15-16-29(35-21-23-9-5-2-6-10-23)28(19-26)27-17-18-36-30(27)24-11-13-25(14-12-24)31(34)33-20-22-7-3-1-4-8-22/h1-19H,20-21H2,(H,33,34). The van der Waals surface area contributed by atoms with Crippen molar-refractivity contribution in [2.24, 2.45) is 0 Å². The van der Waals surface area contributed by atoms with Gasteiger partial charge in [-0.25, -0.2) is 0 Å². The van der Waals surface area contributed by atoms with Crippen molar-refractivity contribution in [3.63, 3.8) is 0 Å². The Morgan fingerprint density at radius 2 is 1.47 bits per heavy atom. The van der Waals surface area contributed by atoms with Gasteiger partial charge in [-0.3, -0.25) is 4.79 Å². The van der Waals surface area contributed by atoms with Crippen LogP contribution in [0.5, 0.6) is 5.75 Å². The van der Waals surface area contributed by atoms with E-state index in [1.165, 1.54) is 0 Å². The SMILES string of the molecule is O=C(NCc1ccccc1)c1ccc(-c2sccc2-c2cc(Br)ccc2OCc2ccccc2)cc1. The molecule has 0 saturated heterocycles. The van der Waals surface area contributed by atoms with Crippen molar-refractivity contribution in [2.75, 3.05) is 0 Å². The summed E-state index contributed by atoms with van der Waals surface area (Å²) >= 11 is 5.30. The van der Waals surface area contributed by atoms with Crippen LogP contribution < -0.4 is 10.1 Å². The topological polar surface area (TPSA) is 38.3 Å². The Morgan fingerprint density at radius 3 is 2.19 bits per heavy atom. The molecule has 1 amide bonds. The summed E-state index contributed by atoms with van der Waals surface area (Å²) in [7, 11) is 0. The second kappa shape index (κ2) is 11.4. The smallest absolute Gasteiger partial charge is 0.251 e. The number of hydrogen-bond acceptors (Lipinski definition) is 3. The third kappa shape index (κ3) is 5.76. The molecule has 1 N–H and O–H groups in total. The van der Waals surface area contributed by atoms with E-state index in [1.54, 1.807) is 11.3 Å². The van der Waals surface area contributed by atoms with Gasteiger partial charge in [0.2, 0.25) is 0 Å². The second-order valence-corrected chi connectivity index (χ2v) is 10.2. The molecule has 0 radical (unpaired) electrons. The highest BCUT2D eigenvalue weighted by Crippen LogP contribution is 2.42. The van der Waals surface area contributed by atoms with Crippen LogP contribution in [0.4, 0.5) is 0 Å². The molecule has 0 aliphatic heterocycles. The van der Waals surface area contributed by atoms with Crippen LogP contribution in [-0.2, 0) is 13.2 Å². The summed E-state index contributed by atoms with van der Waals surface area (Å²) in [4.78, 5) is 13.8. The lowest BCUT2D eigenvalue weighted by molar-refractivity contribution is 0.0951. The second-order valence-electron chi connectivity index (χ2n) is 8.32. The van der Waals surface area contributed by atoms with Crippen molar-refractivity contribution >= 4 is 33.2 Å². The van der Waals surface area contributed by atoms with E-state index < -0.39 is 0 Å². The van der Waals surface area contributed by atoms with Crippen LogP contribution in [0.2, 0.25) is 0 Å². The van der Waals surface area contributed by atoms with Gasteiger partial charge in [0.15, 0.2) is 0 Å². The number of hydrogen-bond donors (Lipinski definition) is 1. The summed E-state index contributed by atoms with van der Waals surface area (Å²) in [5, 5.41) is 5.08. The average molecular weight is 555 g/mol. The molecule has 1 heterocycles. The van der Waals surface area contributed by atoms with E-state index in [0.29, 0.717) is 18.7 Å².